The van der Waals surface area contributed by atoms with E-state index in [0.717, 1.165) is 22.2 Å². The lowest BCUT2D eigenvalue weighted by atomic mass is 10.5. The zero-order valence-corrected chi connectivity index (χ0v) is 11.9. The Bertz CT molecular complexity index is 535. The molecular formula is C11H15N3O2S2. The third-order valence-electron chi connectivity index (χ3n) is 2.30. The van der Waals surface area contributed by atoms with Gasteiger partial charge >= 0.3 is 5.97 Å². The van der Waals surface area contributed by atoms with Gasteiger partial charge in [0, 0.05) is 18.1 Å². The van der Waals surface area contributed by atoms with Crippen LogP contribution in [0.2, 0.25) is 0 Å². The maximum Gasteiger partial charge on any atom is 0.316 e. The van der Waals surface area contributed by atoms with Crippen LogP contribution in [-0.4, -0.2) is 34.8 Å². The Hall–Kier alpha value is -1.05. The quantitative estimate of drug-likeness (QED) is 0.647. The number of esters is 1. The summed E-state index contributed by atoms with van der Waals surface area (Å²) in [5, 5.41) is 6.01. The van der Waals surface area contributed by atoms with Gasteiger partial charge in [0.2, 0.25) is 0 Å². The molecule has 0 spiro atoms. The SMILES string of the molecule is CCOC(=O)CSc1nc2sccn2c1CNC. The Morgan fingerprint density at radius 1 is 1.67 bits per heavy atom. The van der Waals surface area contributed by atoms with Crippen molar-refractivity contribution in [2.45, 2.75) is 18.5 Å². The van der Waals surface area contributed by atoms with E-state index >= 15 is 0 Å². The third-order valence-corrected chi connectivity index (χ3v) is 4.04. The minimum Gasteiger partial charge on any atom is -0.465 e. The van der Waals surface area contributed by atoms with Crippen LogP contribution in [0.4, 0.5) is 0 Å². The molecular weight excluding hydrogens is 270 g/mol. The molecule has 0 saturated carbocycles. The molecule has 0 unspecified atom stereocenters. The van der Waals surface area contributed by atoms with Crippen LogP contribution in [0.25, 0.3) is 4.96 Å². The predicted octanol–water partition coefficient (Wildman–Crippen LogP) is 1.77. The number of hydrogen-bond donors (Lipinski definition) is 1. The van der Waals surface area contributed by atoms with Gasteiger partial charge in [-0.2, -0.15) is 0 Å². The number of nitrogens with zero attached hydrogens (tertiary/aromatic N) is 2. The van der Waals surface area contributed by atoms with E-state index in [9.17, 15) is 4.79 Å². The van der Waals surface area contributed by atoms with E-state index in [-0.39, 0.29) is 5.97 Å². The number of ether oxygens (including phenoxy) is 1. The molecule has 7 heteroatoms. The number of fused-ring (bicyclic) bond motifs is 1. The average Bonchev–Trinajstić information content (AvgIpc) is 2.90. The highest BCUT2D eigenvalue weighted by Gasteiger charge is 2.14. The standard InChI is InChI=1S/C11H15N3O2S2/c1-3-16-9(15)7-18-10-8(6-12-2)14-4-5-17-11(14)13-10/h4-5,12H,3,6-7H2,1-2H3. The Balaban J connectivity index is 2.13. The molecule has 0 atom stereocenters. The van der Waals surface area contributed by atoms with Crippen LogP contribution in [0.15, 0.2) is 16.6 Å². The van der Waals surface area contributed by atoms with Crippen molar-refractivity contribution in [1.82, 2.24) is 14.7 Å². The van der Waals surface area contributed by atoms with Crippen molar-refractivity contribution in [3.8, 4) is 0 Å². The zero-order chi connectivity index (χ0) is 13.0. The number of carbonyl (C=O) groups is 1. The van der Waals surface area contributed by atoms with Crippen LogP contribution in [0.3, 0.4) is 0 Å². The Morgan fingerprint density at radius 3 is 3.22 bits per heavy atom. The van der Waals surface area contributed by atoms with Crippen LogP contribution in [0, 0.1) is 0 Å². The predicted molar refractivity (Wildman–Crippen MR) is 73.2 cm³/mol. The topological polar surface area (TPSA) is 55.6 Å². The smallest absolute Gasteiger partial charge is 0.316 e. The molecule has 0 radical (unpaired) electrons. The number of thioether (sulfide) groups is 1. The van der Waals surface area contributed by atoms with Gasteiger partial charge in [0.1, 0.15) is 5.03 Å². The molecule has 2 heterocycles. The first kappa shape index (κ1) is 13.4. The van der Waals surface area contributed by atoms with Gasteiger partial charge in [-0.3, -0.25) is 9.20 Å². The van der Waals surface area contributed by atoms with E-state index < -0.39 is 0 Å². The lowest BCUT2D eigenvalue weighted by Crippen LogP contribution is -2.10. The van der Waals surface area contributed by atoms with Crippen LogP contribution >= 0.6 is 23.1 Å². The number of imidazole rings is 1. The fraction of sp³-hybridized carbons (Fsp3) is 0.455. The van der Waals surface area contributed by atoms with Gasteiger partial charge < -0.3 is 10.1 Å². The number of hydrogen-bond acceptors (Lipinski definition) is 6. The Labute approximate surface area is 114 Å². The van der Waals surface area contributed by atoms with E-state index in [1.54, 1.807) is 11.3 Å². The van der Waals surface area contributed by atoms with Crippen molar-refractivity contribution < 1.29 is 9.53 Å². The summed E-state index contributed by atoms with van der Waals surface area (Å²) in [6, 6.07) is 0. The van der Waals surface area contributed by atoms with Crippen molar-refractivity contribution in [2.75, 3.05) is 19.4 Å². The maximum atomic E-state index is 11.3. The van der Waals surface area contributed by atoms with Gasteiger partial charge in [-0.25, -0.2) is 4.98 Å². The van der Waals surface area contributed by atoms with E-state index in [2.05, 4.69) is 14.7 Å². The van der Waals surface area contributed by atoms with Crippen LogP contribution in [-0.2, 0) is 16.1 Å². The number of nitrogens with one attached hydrogen (secondary N) is 1. The molecule has 0 aliphatic carbocycles. The minimum absolute atomic E-state index is 0.200. The van der Waals surface area contributed by atoms with Crippen molar-refractivity contribution in [1.29, 1.82) is 0 Å². The molecule has 18 heavy (non-hydrogen) atoms. The maximum absolute atomic E-state index is 11.3. The van der Waals surface area contributed by atoms with Gasteiger partial charge in [-0.15, -0.1) is 11.3 Å². The highest BCUT2D eigenvalue weighted by atomic mass is 32.2. The first-order valence-electron chi connectivity index (χ1n) is 5.63. The molecule has 0 bridgehead atoms. The molecule has 0 amide bonds. The molecule has 1 N–H and O–H groups in total. The molecule has 2 rings (SSSR count). The highest BCUT2D eigenvalue weighted by Crippen LogP contribution is 2.25. The lowest BCUT2D eigenvalue weighted by Gasteiger charge is -2.03. The summed E-state index contributed by atoms with van der Waals surface area (Å²) in [5.41, 5.74) is 1.09. The van der Waals surface area contributed by atoms with E-state index in [0.29, 0.717) is 12.4 Å². The summed E-state index contributed by atoms with van der Waals surface area (Å²) < 4.78 is 6.96. The second kappa shape index (κ2) is 6.21. The second-order valence-electron chi connectivity index (χ2n) is 3.54. The minimum atomic E-state index is -0.200. The van der Waals surface area contributed by atoms with Gasteiger partial charge in [0.25, 0.3) is 0 Å². The molecule has 5 nitrogen and oxygen atoms in total. The zero-order valence-electron chi connectivity index (χ0n) is 10.3. The van der Waals surface area contributed by atoms with Crippen molar-refractivity contribution in [3.05, 3.63) is 17.3 Å². The molecule has 2 aromatic heterocycles. The molecule has 98 valence electrons. The summed E-state index contributed by atoms with van der Waals surface area (Å²) in [5.74, 6) is 0.101. The average molecular weight is 285 g/mol. The first-order chi connectivity index (χ1) is 8.76. The number of aromatic nitrogens is 2. The van der Waals surface area contributed by atoms with Crippen molar-refractivity contribution in [3.63, 3.8) is 0 Å². The molecule has 0 aromatic carbocycles. The largest absolute Gasteiger partial charge is 0.465 e. The fourth-order valence-corrected chi connectivity index (χ4v) is 3.20. The summed E-state index contributed by atoms with van der Waals surface area (Å²) in [7, 11) is 1.89. The third kappa shape index (κ3) is 2.85. The summed E-state index contributed by atoms with van der Waals surface area (Å²) in [6.45, 7) is 2.95. The number of rotatable bonds is 6. The Kier molecular flexibility index (Phi) is 4.62. The molecule has 0 saturated heterocycles. The fourth-order valence-electron chi connectivity index (χ4n) is 1.59. The summed E-state index contributed by atoms with van der Waals surface area (Å²) >= 11 is 3.01. The second-order valence-corrected chi connectivity index (χ2v) is 5.38. The highest BCUT2D eigenvalue weighted by molar-refractivity contribution is 7.99. The normalized spacial score (nSPS) is 11.0. The van der Waals surface area contributed by atoms with Crippen molar-refractivity contribution in [2.24, 2.45) is 0 Å². The van der Waals surface area contributed by atoms with Gasteiger partial charge in [0.05, 0.1) is 18.1 Å². The molecule has 0 aliphatic heterocycles. The van der Waals surface area contributed by atoms with Crippen molar-refractivity contribution >= 4 is 34.0 Å². The van der Waals surface area contributed by atoms with E-state index in [1.807, 2.05) is 25.5 Å². The van der Waals surface area contributed by atoms with E-state index in [4.69, 9.17) is 4.74 Å². The summed E-state index contributed by atoms with van der Waals surface area (Å²) in [6.07, 6.45) is 1.99. The lowest BCUT2D eigenvalue weighted by molar-refractivity contribution is -0.139. The van der Waals surface area contributed by atoms with Gasteiger partial charge in [-0.05, 0) is 14.0 Å². The molecule has 0 aliphatic rings. The van der Waals surface area contributed by atoms with Gasteiger partial charge in [-0.1, -0.05) is 11.8 Å². The molecule has 2 aromatic rings. The Morgan fingerprint density at radius 2 is 2.50 bits per heavy atom. The monoisotopic (exact) mass is 285 g/mol. The number of carbonyl (C=O) groups excluding carboxylic acids is 1. The van der Waals surface area contributed by atoms with Crippen LogP contribution in [0.5, 0.6) is 0 Å². The van der Waals surface area contributed by atoms with Gasteiger partial charge in [0.15, 0.2) is 4.96 Å². The van der Waals surface area contributed by atoms with E-state index in [1.165, 1.54) is 11.8 Å². The summed E-state index contributed by atoms with van der Waals surface area (Å²) in [4.78, 5) is 16.8. The first-order valence-corrected chi connectivity index (χ1v) is 7.50. The van der Waals surface area contributed by atoms with Crippen LogP contribution in [0.1, 0.15) is 12.6 Å². The molecule has 0 fully saturated rings. The number of thiazole rings is 1. The van der Waals surface area contributed by atoms with Crippen LogP contribution < -0.4 is 5.32 Å².